The maximum atomic E-state index is 11.9. The van der Waals surface area contributed by atoms with Crippen LogP contribution in [0.25, 0.3) is 0 Å². The van der Waals surface area contributed by atoms with Gasteiger partial charge < -0.3 is 20.8 Å². The fourth-order valence-corrected chi connectivity index (χ4v) is 3.47. The number of hydrogen-bond donors (Lipinski definition) is 2. The van der Waals surface area contributed by atoms with E-state index in [1.54, 1.807) is 6.08 Å². The highest BCUT2D eigenvalue weighted by Crippen LogP contribution is 2.33. The molecule has 2 atom stereocenters. The molecule has 0 aromatic heterocycles. The van der Waals surface area contributed by atoms with Gasteiger partial charge in [0, 0.05) is 42.3 Å². The van der Waals surface area contributed by atoms with E-state index in [2.05, 4.69) is 5.32 Å². The van der Waals surface area contributed by atoms with Crippen molar-refractivity contribution < 1.29 is 24.0 Å². The summed E-state index contributed by atoms with van der Waals surface area (Å²) in [5.41, 5.74) is 5.10. The number of hydrogen-bond acceptors (Lipinski definition) is 6. The Morgan fingerprint density at radius 2 is 1.73 bits per heavy atom. The molecule has 30 heavy (non-hydrogen) atoms. The van der Waals surface area contributed by atoms with E-state index in [0.717, 1.165) is 0 Å². The van der Waals surface area contributed by atoms with Crippen molar-refractivity contribution in [2.75, 3.05) is 27.2 Å². The number of allylic oxidation sites excluding steroid dienone is 2. The van der Waals surface area contributed by atoms with E-state index in [0.29, 0.717) is 23.6 Å². The highest BCUT2D eigenvalue weighted by molar-refractivity contribution is 6.01. The average molecular weight is 418 g/mol. The molecule has 1 aliphatic heterocycles. The Balaban J connectivity index is 2.05. The van der Waals surface area contributed by atoms with Crippen LogP contribution in [-0.2, 0) is 19.2 Å². The first kappa shape index (κ1) is 23.3. The third-order valence-corrected chi connectivity index (χ3v) is 5.03. The van der Waals surface area contributed by atoms with E-state index in [1.165, 1.54) is 0 Å². The summed E-state index contributed by atoms with van der Waals surface area (Å²) in [5.74, 6) is -1.56. The van der Waals surface area contributed by atoms with Crippen molar-refractivity contribution in [3.8, 4) is 0 Å². The normalized spacial score (nSPS) is 28.6. The lowest BCUT2D eigenvalue weighted by Crippen LogP contribution is -2.38. The molecule has 1 saturated heterocycles. The van der Waals surface area contributed by atoms with Crippen LogP contribution in [0.15, 0.2) is 36.0 Å². The van der Waals surface area contributed by atoms with Crippen LogP contribution >= 0.6 is 0 Å². The van der Waals surface area contributed by atoms with Crippen LogP contribution in [0.4, 0.5) is 4.79 Å². The van der Waals surface area contributed by atoms with E-state index in [4.69, 9.17) is 10.6 Å². The molecule has 9 nitrogen and oxygen atoms in total. The summed E-state index contributed by atoms with van der Waals surface area (Å²) in [6, 6.07) is 0. The molecule has 0 bridgehead atoms. The van der Waals surface area contributed by atoms with Crippen LogP contribution in [0.3, 0.4) is 0 Å². The summed E-state index contributed by atoms with van der Waals surface area (Å²) in [5, 5.41) is 3.06. The van der Waals surface area contributed by atoms with Crippen molar-refractivity contribution in [1.29, 1.82) is 0 Å². The number of amides is 4. The Bertz CT molecular complexity index is 800. The van der Waals surface area contributed by atoms with Gasteiger partial charge in [0.05, 0.1) is 0 Å². The van der Waals surface area contributed by atoms with Crippen LogP contribution in [0.2, 0.25) is 0 Å². The quantitative estimate of drug-likeness (QED) is 0.474. The maximum absolute atomic E-state index is 11.9. The van der Waals surface area contributed by atoms with Crippen molar-refractivity contribution >= 4 is 23.8 Å². The van der Waals surface area contributed by atoms with Gasteiger partial charge in [-0.1, -0.05) is 44.2 Å². The molecule has 2 unspecified atom stereocenters. The second-order valence-corrected chi connectivity index (χ2v) is 8.52. The first-order valence-electron chi connectivity index (χ1n) is 9.82. The summed E-state index contributed by atoms with van der Waals surface area (Å²) in [4.78, 5) is 53.7. The topological polar surface area (TPSA) is 122 Å². The summed E-state index contributed by atoms with van der Waals surface area (Å²) >= 11 is 0. The summed E-state index contributed by atoms with van der Waals surface area (Å²) < 4.78 is 0. The first-order valence-corrected chi connectivity index (χ1v) is 9.82. The molecule has 4 amide bonds. The van der Waals surface area contributed by atoms with Crippen LogP contribution in [-0.4, -0.2) is 61.0 Å². The van der Waals surface area contributed by atoms with Crippen LogP contribution in [0.1, 0.15) is 33.1 Å². The number of nitrogens with zero attached hydrogens (tertiary/aromatic N) is 2. The lowest BCUT2D eigenvalue weighted by molar-refractivity contribution is -0.171. The molecular formula is C21H30N4O5. The van der Waals surface area contributed by atoms with Gasteiger partial charge in [-0.2, -0.15) is 0 Å². The number of primary amides is 1. The molecule has 3 N–H and O–H groups in total. The number of nitrogens with one attached hydrogen (secondary N) is 1. The predicted octanol–water partition coefficient (Wildman–Crippen LogP) is 1.28. The number of nitrogens with two attached hydrogens (primary N) is 1. The lowest BCUT2D eigenvalue weighted by atomic mass is 9.78. The Morgan fingerprint density at radius 1 is 1.13 bits per heavy atom. The molecule has 2 rings (SSSR count). The van der Waals surface area contributed by atoms with Crippen LogP contribution < -0.4 is 11.1 Å². The van der Waals surface area contributed by atoms with E-state index < -0.39 is 34.6 Å². The Kier molecular flexibility index (Phi) is 7.20. The third-order valence-electron chi connectivity index (χ3n) is 5.03. The van der Waals surface area contributed by atoms with Crippen molar-refractivity contribution in [3.63, 3.8) is 0 Å². The van der Waals surface area contributed by atoms with Gasteiger partial charge in [0.15, 0.2) is 0 Å². The van der Waals surface area contributed by atoms with E-state index in [1.807, 2.05) is 57.1 Å². The van der Waals surface area contributed by atoms with Crippen molar-refractivity contribution in [1.82, 2.24) is 15.3 Å². The zero-order valence-corrected chi connectivity index (χ0v) is 17.9. The Hall–Kier alpha value is -2.94. The van der Waals surface area contributed by atoms with E-state index in [9.17, 15) is 19.2 Å². The van der Waals surface area contributed by atoms with Gasteiger partial charge >= 0.3 is 6.09 Å². The number of imide groups is 1. The molecular weight excluding hydrogens is 388 g/mol. The molecule has 2 aliphatic rings. The maximum Gasteiger partial charge on any atom is 0.432 e. The van der Waals surface area contributed by atoms with E-state index >= 15 is 0 Å². The van der Waals surface area contributed by atoms with Gasteiger partial charge in [0.25, 0.3) is 11.8 Å². The average Bonchev–Trinajstić information content (AvgIpc) is 2.94. The number of carbonyl (C=O) groups is 4. The molecule has 1 aliphatic carbocycles. The van der Waals surface area contributed by atoms with Gasteiger partial charge in [-0.25, -0.2) is 4.79 Å². The molecule has 1 heterocycles. The number of hydroxylamine groups is 2. The van der Waals surface area contributed by atoms with Gasteiger partial charge in [-0.05, 0) is 20.5 Å². The van der Waals surface area contributed by atoms with Crippen LogP contribution in [0, 0.1) is 10.8 Å². The Morgan fingerprint density at radius 3 is 2.30 bits per heavy atom. The molecule has 164 valence electrons. The Labute approximate surface area is 176 Å². The third kappa shape index (κ3) is 6.28. The summed E-state index contributed by atoms with van der Waals surface area (Å²) in [7, 11) is 3.91. The standard InChI is InChI=1S/C21H30N4O5/c1-20(11-12-23-19(29)30-25-16(26)5-6-17(25)27)8-7-15(18(22)28)13-21(2,10-9-20)14-24(3)4/h7-10,13H,5-6,11-12,14H2,1-4H3,(H2,22,28)(H,23,29)/b8-7-,10-9-,15-13?. The van der Waals surface area contributed by atoms with E-state index in [-0.39, 0.29) is 19.4 Å². The lowest BCUT2D eigenvalue weighted by Gasteiger charge is -2.31. The minimum atomic E-state index is -0.865. The van der Waals surface area contributed by atoms with Crippen LogP contribution in [0.5, 0.6) is 0 Å². The van der Waals surface area contributed by atoms with Gasteiger partial charge in [-0.15, -0.1) is 5.06 Å². The molecule has 0 saturated carbocycles. The fraction of sp³-hybridized carbons (Fsp3) is 0.524. The molecule has 0 aromatic carbocycles. The fourth-order valence-electron chi connectivity index (χ4n) is 3.47. The second-order valence-electron chi connectivity index (χ2n) is 8.52. The smallest absolute Gasteiger partial charge is 0.366 e. The SMILES string of the molecule is CN(C)CC1(C)C=C(C(N)=O)/C=C\C(C)(CCNC(=O)ON2C(=O)CCC2=O)/C=C\1. The largest absolute Gasteiger partial charge is 0.432 e. The van der Waals surface area contributed by atoms with Crippen molar-refractivity contribution in [3.05, 3.63) is 36.0 Å². The number of carbonyl (C=O) groups excluding carboxylic acids is 4. The van der Waals surface area contributed by atoms with Gasteiger partial charge in [0.1, 0.15) is 0 Å². The monoisotopic (exact) mass is 418 g/mol. The zero-order chi connectivity index (χ0) is 22.5. The second kappa shape index (κ2) is 9.25. The minimum absolute atomic E-state index is 0.0429. The highest BCUT2D eigenvalue weighted by Gasteiger charge is 2.33. The highest BCUT2D eigenvalue weighted by atomic mass is 16.7. The zero-order valence-electron chi connectivity index (χ0n) is 17.9. The number of rotatable bonds is 7. The van der Waals surface area contributed by atoms with Gasteiger partial charge in [-0.3, -0.25) is 14.4 Å². The first-order chi connectivity index (χ1) is 13.9. The molecule has 0 aromatic rings. The molecule has 0 radical (unpaired) electrons. The van der Waals surface area contributed by atoms with Crippen molar-refractivity contribution in [2.24, 2.45) is 16.6 Å². The van der Waals surface area contributed by atoms with Gasteiger partial charge in [0.2, 0.25) is 5.91 Å². The molecule has 1 fully saturated rings. The minimum Gasteiger partial charge on any atom is -0.366 e. The van der Waals surface area contributed by atoms with Crippen molar-refractivity contribution in [2.45, 2.75) is 33.1 Å². The molecule has 0 spiro atoms. The summed E-state index contributed by atoms with van der Waals surface area (Å²) in [6.45, 7) is 4.92. The molecule has 9 heteroatoms. The summed E-state index contributed by atoms with van der Waals surface area (Å²) in [6.07, 6.45) is 9.25. The predicted molar refractivity (Wildman–Crippen MR) is 111 cm³/mol.